The molecule has 0 unspecified atom stereocenters. The van der Waals surface area contributed by atoms with Gasteiger partial charge in [-0.2, -0.15) is 0 Å². The Morgan fingerprint density at radius 3 is 2.44 bits per heavy atom. The Morgan fingerprint density at radius 2 is 1.76 bits per heavy atom. The number of nitrogens with two attached hydrogens (primary N) is 1. The Hall–Kier alpha value is -2.33. The summed E-state index contributed by atoms with van der Waals surface area (Å²) in [5.74, 6) is 1.92. The second-order valence-corrected chi connectivity index (χ2v) is 7.33. The number of para-hydroxylation sites is 2. The van der Waals surface area contributed by atoms with Crippen molar-refractivity contribution in [2.45, 2.75) is 39.2 Å². The van der Waals surface area contributed by atoms with Crippen molar-refractivity contribution in [1.29, 1.82) is 0 Å². The highest BCUT2D eigenvalue weighted by Crippen LogP contribution is 2.24. The third-order valence-electron chi connectivity index (χ3n) is 4.41. The molecule has 0 aliphatic carbocycles. The molecule has 0 bridgehead atoms. The molecular weight excluding hydrogens is 310 g/mol. The second kappa shape index (κ2) is 7.28. The molecule has 0 fully saturated rings. The summed E-state index contributed by atoms with van der Waals surface area (Å²) >= 11 is 0. The van der Waals surface area contributed by atoms with Gasteiger partial charge in [-0.1, -0.05) is 45.0 Å². The average Bonchev–Trinajstić information content (AvgIpc) is 2.93. The topological polar surface area (TPSA) is 53.1 Å². The van der Waals surface area contributed by atoms with Crippen molar-refractivity contribution < 1.29 is 4.74 Å². The summed E-state index contributed by atoms with van der Waals surface area (Å²) in [6.07, 6.45) is 0.773. The number of fused-ring (bicyclic) bond motifs is 1. The lowest BCUT2D eigenvalue weighted by atomic mass is 9.87. The van der Waals surface area contributed by atoms with Crippen LogP contribution < -0.4 is 10.5 Å². The molecule has 0 radical (unpaired) electrons. The van der Waals surface area contributed by atoms with Gasteiger partial charge in [-0.25, -0.2) is 4.98 Å². The van der Waals surface area contributed by atoms with Crippen LogP contribution in [0, 0.1) is 0 Å². The van der Waals surface area contributed by atoms with Gasteiger partial charge in [-0.05, 0) is 41.8 Å². The molecule has 4 nitrogen and oxygen atoms in total. The van der Waals surface area contributed by atoms with E-state index in [1.165, 1.54) is 5.56 Å². The average molecular weight is 337 g/mol. The zero-order chi connectivity index (χ0) is 17.9. The molecule has 0 amide bonds. The van der Waals surface area contributed by atoms with Crippen LogP contribution in [-0.4, -0.2) is 22.7 Å². The third kappa shape index (κ3) is 4.02. The number of aromatic nitrogens is 2. The van der Waals surface area contributed by atoms with Crippen molar-refractivity contribution >= 4 is 11.0 Å². The summed E-state index contributed by atoms with van der Waals surface area (Å²) in [4.78, 5) is 4.69. The van der Waals surface area contributed by atoms with E-state index in [-0.39, 0.29) is 5.41 Å². The molecule has 4 heteroatoms. The summed E-state index contributed by atoms with van der Waals surface area (Å²) in [6, 6.07) is 16.6. The van der Waals surface area contributed by atoms with Gasteiger partial charge in [0.2, 0.25) is 0 Å². The number of hydrogen-bond donors (Lipinski definition) is 1. The van der Waals surface area contributed by atoms with Gasteiger partial charge < -0.3 is 15.0 Å². The molecule has 2 N–H and O–H groups in total. The fourth-order valence-corrected chi connectivity index (χ4v) is 3.00. The molecule has 0 spiro atoms. The van der Waals surface area contributed by atoms with E-state index in [1.54, 1.807) is 0 Å². The standard InChI is InChI=1S/C21H27N3O/c1-21(2,3)16-8-10-17(11-9-16)25-15-14-24-19-7-5-4-6-18(19)23-20(24)12-13-22/h4-11H,12-15,22H2,1-3H3. The Bertz CT molecular complexity index is 828. The maximum atomic E-state index is 5.95. The third-order valence-corrected chi connectivity index (χ3v) is 4.41. The largest absolute Gasteiger partial charge is 0.492 e. The van der Waals surface area contributed by atoms with Gasteiger partial charge in [-0.15, -0.1) is 0 Å². The zero-order valence-electron chi connectivity index (χ0n) is 15.3. The highest BCUT2D eigenvalue weighted by atomic mass is 16.5. The minimum absolute atomic E-state index is 0.158. The molecule has 25 heavy (non-hydrogen) atoms. The molecule has 2 aromatic carbocycles. The van der Waals surface area contributed by atoms with Crippen molar-refractivity contribution in [2.24, 2.45) is 5.73 Å². The molecule has 0 aliphatic rings. The maximum absolute atomic E-state index is 5.95. The molecular formula is C21H27N3O. The maximum Gasteiger partial charge on any atom is 0.119 e. The summed E-state index contributed by atoms with van der Waals surface area (Å²) in [7, 11) is 0. The van der Waals surface area contributed by atoms with Crippen molar-refractivity contribution in [3.05, 3.63) is 59.9 Å². The van der Waals surface area contributed by atoms with E-state index in [4.69, 9.17) is 15.5 Å². The summed E-state index contributed by atoms with van der Waals surface area (Å²) in [6.45, 7) is 8.60. The lowest BCUT2D eigenvalue weighted by Crippen LogP contribution is -2.14. The highest BCUT2D eigenvalue weighted by molar-refractivity contribution is 5.75. The first kappa shape index (κ1) is 17.5. The second-order valence-electron chi connectivity index (χ2n) is 7.33. The minimum atomic E-state index is 0.158. The van der Waals surface area contributed by atoms with Crippen molar-refractivity contribution in [2.75, 3.05) is 13.2 Å². The summed E-state index contributed by atoms with van der Waals surface area (Å²) < 4.78 is 8.16. The van der Waals surface area contributed by atoms with Crippen molar-refractivity contribution in [3.63, 3.8) is 0 Å². The zero-order valence-corrected chi connectivity index (χ0v) is 15.3. The van der Waals surface area contributed by atoms with Gasteiger partial charge >= 0.3 is 0 Å². The Labute approximate surface area is 149 Å². The quantitative estimate of drug-likeness (QED) is 0.742. The first-order valence-corrected chi connectivity index (χ1v) is 8.86. The van der Waals surface area contributed by atoms with Crippen LogP contribution in [0.3, 0.4) is 0 Å². The smallest absolute Gasteiger partial charge is 0.119 e. The van der Waals surface area contributed by atoms with E-state index >= 15 is 0 Å². The lowest BCUT2D eigenvalue weighted by molar-refractivity contribution is 0.298. The molecule has 1 heterocycles. The number of hydrogen-bond acceptors (Lipinski definition) is 3. The van der Waals surface area contributed by atoms with E-state index in [9.17, 15) is 0 Å². The fraction of sp³-hybridized carbons (Fsp3) is 0.381. The van der Waals surface area contributed by atoms with Crippen LogP contribution in [0.1, 0.15) is 32.2 Å². The minimum Gasteiger partial charge on any atom is -0.492 e. The monoisotopic (exact) mass is 337 g/mol. The van der Waals surface area contributed by atoms with E-state index < -0.39 is 0 Å². The number of nitrogens with zero attached hydrogens (tertiary/aromatic N) is 2. The first-order valence-electron chi connectivity index (χ1n) is 8.86. The molecule has 0 aliphatic heterocycles. The van der Waals surface area contributed by atoms with Gasteiger partial charge in [0.1, 0.15) is 18.2 Å². The molecule has 132 valence electrons. The van der Waals surface area contributed by atoms with Crippen LogP contribution in [0.25, 0.3) is 11.0 Å². The van der Waals surface area contributed by atoms with Gasteiger partial charge in [-0.3, -0.25) is 0 Å². The van der Waals surface area contributed by atoms with Crippen LogP contribution in [0.4, 0.5) is 0 Å². The Balaban J connectivity index is 1.69. The Morgan fingerprint density at radius 1 is 1.04 bits per heavy atom. The van der Waals surface area contributed by atoms with Crippen LogP contribution in [-0.2, 0) is 18.4 Å². The predicted molar refractivity (Wildman–Crippen MR) is 103 cm³/mol. The molecule has 0 atom stereocenters. The predicted octanol–water partition coefficient (Wildman–Crippen LogP) is 3.91. The Kier molecular flexibility index (Phi) is 5.09. The van der Waals surface area contributed by atoms with Crippen molar-refractivity contribution in [1.82, 2.24) is 9.55 Å². The SMILES string of the molecule is CC(C)(C)c1ccc(OCCn2c(CCN)nc3ccccc32)cc1. The van der Waals surface area contributed by atoms with E-state index in [0.717, 1.165) is 35.6 Å². The van der Waals surface area contributed by atoms with Gasteiger partial charge in [0.15, 0.2) is 0 Å². The molecule has 1 aromatic heterocycles. The highest BCUT2D eigenvalue weighted by Gasteiger charge is 2.13. The normalized spacial score (nSPS) is 11.8. The first-order chi connectivity index (χ1) is 12.0. The van der Waals surface area contributed by atoms with Crippen LogP contribution in [0.5, 0.6) is 5.75 Å². The lowest BCUT2D eigenvalue weighted by Gasteiger charge is -2.19. The van der Waals surface area contributed by atoms with Crippen molar-refractivity contribution in [3.8, 4) is 5.75 Å². The fourth-order valence-electron chi connectivity index (χ4n) is 3.00. The van der Waals surface area contributed by atoms with Crippen LogP contribution >= 0.6 is 0 Å². The van der Waals surface area contributed by atoms with E-state index in [1.807, 2.05) is 30.3 Å². The van der Waals surface area contributed by atoms with E-state index in [2.05, 4.69) is 43.5 Å². The van der Waals surface area contributed by atoms with Gasteiger partial charge in [0.05, 0.1) is 17.6 Å². The van der Waals surface area contributed by atoms with Crippen LogP contribution in [0.15, 0.2) is 48.5 Å². The summed E-state index contributed by atoms with van der Waals surface area (Å²) in [5.41, 5.74) is 9.36. The number of imidazole rings is 1. The summed E-state index contributed by atoms with van der Waals surface area (Å²) in [5, 5.41) is 0. The van der Waals surface area contributed by atoms with Gasteiger partial charge in [0, 0.05) is 6.42 Å². The van der Waals surface area contributed by atoms with Gasteiger partial charge in [0.25, 0.3) is 0 Å². The van der Waals surface area contributed by atoms with Crippen LogP contribution in [0.2, 0.25) is 0 Å². The molecule has 0 saturated carbocycles. The molecule has 3 rings (SSSR count). The number of ether oxygens (including phenoxy) is 1. The van der Waals surface area contributed by atoms with E-state index in [0.29, 0.717) is 13.2 Å². The number of rotatable bonds is 6. The molecule has 3 aromatic rings. The molecule has 0 saturated heterocycles. The number of benzene rings is 2.